The largest absolute Gasteiger partial charge is 0.325 e. The monoisotopic (exact) mass is 225 g/mol. The van der Waals surface area contributed by atoms with Gasteiger partial charge in [-0.3, -0.25) is 0 Å². The fourth-order valence-electron chi connectivity index (χ4n) is 3.24. The summed E-state index contributed by atoms with van der Waals surface area (Å²) < 4.78 is 0. The van der Waals surface area contributed by atoms with Crippen LogP contribution in [0.3, 0.4) is 0 Å². The van der Waals surface area contributed by atoms with Crippen LogP contribution in [0, 0.1) is 11.8 Å². The Labute approximate surface area is 102 Å². The first-order valence-corrected chi connectivity index (χ1v) is 7.38. The molecule has 96 valence electrons. The Kier molecular flexibility index (Phi) is 5.82. The summed E-state index contributed by atoms with van der Waals surface area (Å²) in [5.74, 6) is 1.76. The van der Waals surface area contributed by atoms with Gasteiger partial charge in [0.25, 0.3) is 0 Å². The van der Waals surface area contributed by atoms with E-state index in [0.717, 1.165) is 11.8 Å². The lowest BCUT2D eigenvalue weighted by Gasteiger charge is -2.31. The van der Waals surface area contributed by atoms with Crippen molar-refractivity contribution in [1.29, 1.82) is 0 Å². The predicted octanol–water partition coefficient (Wildman–Crippen LogP) is 4.50. The van der Waals surface area contributed by atoms with Gasteiger partial charge in [0, 0.05) is 5.54 Å². The van der Waals surface area contributed by atoms with Gasteiger partial charge in [0.1, 0.15) is 0 Å². The Morgan fingerprint density at radius 1 is 1.25 bits per heavy atom. The molecule has 1 rings (SSSR count). The molecule has 1 aliphatic carbocycles. The zero-order chi connectivity index (χ0) is 12.0. The molecule has 3 atom stereocenters. The topological polar surface area (TPSA) is 26.0 Å². The number of nitrogens with two attached hydrogens (primary N) is 1. The van der Waals surface area contributed by atoms with E-state index in [4.69, 9.17) is 5.73 Å². The summed E-state index contributed by atoms with van der Waals surface area (Å²) in [5.41, 5.74) is 6.76. The molecule has 0 amide bonds. The number of hydrogen-bond acceptors (Lipinski definition) is 1. The molecule has 0 radical (unpaired) electrons. The molecule has 2 N–H and O–H groups in total. The zero-order valence-corrected chi connectivity index (χ0v) is 11.6. The van der Waals surface area contributed by atoms with Crippen LogP contribution in [0.25, 0.3) is 0 Å². The number of hydrogen-bond donors (Lipinski definition) is 1. The SMILES string of the molecule is CCCC1CCCC(N)(CC(C)CC)CC1. The van der Waals surface area contributed by atoms with Crippen molar-refractivity contribution in [1.82, 2.24) is 0 Å². The molecule has 0 aromatic carbocycles. The zero-order valence-electron chi connectivity index (χ0n) is 11.6. The first-order chi connectivity index (χ1) is 7.59. The van der Waals surface area contributed by atoms with Gasteiger partial charge >= 0.3 is 0 Å². The highest BCUT2D eigenvalue weighted by atomic mass is 14.7. The maximum Gasteiger partial charge on any atom is 0.0157 e. The highest BCUT2D eigenvalue weighted by Gasteiger charge is 2.30. The summed E-state index contributed by atoms with van der Waals surface area (Å²) in [6, 6.07) is 0. The first kappa shape index (κ1) is 14.0. The third-order valence-corrected chi connectivity index (χ3v) is 4.49. The van der Waals surface area contributed by atoms with Crippen molar-refractivity contribution < 1.29 is 0 Å². The van der Waals surface area contributed by atoms with Gasteiger partial charge in [-0.05, 0) is 37.5 Å². The normalized spacial score (nSPS) is 33.4. The molecule has 3 unspecified atom stereocenters. The third-order valence-electron chi connectivity index (χ3n) is 4.49. The van der Waals surface area contributed by atoms with Crippen molar-refractivity contribution >= 4 is 0 Å². The fourth-order valence-corrected chi connectivity index (χ4v) is 3.24. The molecule has 0 heterocycles. The minimum atomic E-state index is 0.165. The van der Waals surface area contributed by atoms with E-state index in [1.54, 1.807) is 0 Å². The molecular weight excluding hydrogens is 194 g/mol. The summed E-state index contributed by atoms with van der Waals surface area (Å²) >= 11 is 0. The highest BCUT2D eigenvalue weighted by molar-refractivity contribution is 4.88. The van der Waals surface area contributed by atoms with Crippen molar-refractivity contribution in [3.05, 3.63) is 0 Å². The van der Waals surface area contributed by atoms with E-state index in [0.29, 0.717) is 0 Å². The molecule has 1 saturated carbocycles. The molecule has 0 spiro atoms. The maximum absolute atomic E-state index is 6.59. The standard InChI is InChI=1S/C15H31N/c1-4-7-14-8-6-10-15(16,11-9-14)12-13(3)5-2/h13-14H,4-12,16H2,1-3H3. The summed E-state index contributed by atoms with van der Waals surface area (Å²) in [5, 5.41) is 0. The average Bonchev–Trinajstić information content (AvgIpc) is 2.42. The Balaban J connectivity index is 2.44. The molecule has 1 aliphatic rings. The van der Waals surface area contributed by atoms with Gasteiger partial charge in [-0.15, -0.1) is 0 Å². The molecule has 0 bridgehead atoms. The van der Waals surface area contributed by atoms with E-state index < -0.39 is 0 Å². The van der Waals surface area contributed by atoms with Gasteiger partial charge in [0.05, 0.1) is 0 Å². The van der Waals surface area contributed by atoms with Crippen LogP contribution < -0.4 is 5.73 Å². The van der Waals surface area contributed by atoms with Crippen LogP contribution in [-0.2, 0) is 0 Å². The van der Waals surface area contributed by atoms with Crippen LogP contribution in [0.2, 0.25) is 0 Å². The third kappa shape index (κ3) is 4.45. The Morgan fingerprint density at radius 2 is 2.00 bits per heavy atom. The predicted molar refractivity (Wildman–Crippen MR) is 72.5 cm³/mol. The fraction of sp³-hybridized carbons (Fsp3) is 1.00. The number of rotatable bonds is 5. The second-order valence-electron chi connectivity index (χ2n) is 6.17. The van der Waals surface area contributed by atoms with Gasteiger partial charge < -0.3 is 5.73 Å². The molecule has 0 aromatic heterocycles. The molecule has 1 nitrogen and oxygen atoms in total. The van der Waals surface area contributed by atoms with Crippen LogP contribution in [0.4, 0.5) is 0 Å². The summed E-state index contributed by atoms with van der Waals surface area (Å²) in [4.78, 5) is 0. The maximum atomic E-state index is 6.59. The lowest BCUT2D eigenvalue weighted by molar-refractivity contribution is 0.284. The van der Waals surface area contributed by atoms with Gasteiger partial charge in [-0.1, -0.05) is 52.9 Å². The van der Waals surface area contributed by atoms with Gasteiger partial charge in [0.15, 0.2) is 0 Å². The Morgan fingerprint density at radius 3 is 2.62 bits per heavy atom. The molecule has 16 heavy (non-hydrogen) atoms. The van der Waals surface area contributed by atoms with E-state index in [1.165, 1.54) is 57.8 Å². The van der Waals surface area contributed by atoms with Crippen LogP contribution in [-0.4, -0.2) is 5.54 Å². The summed E-state index contributed by atoms with van der Waals surface area (Å²) in [6.45, 7) is 6.94. The quantitative estimate of drug-likeness (QED) is 0.685. The second-order valence-corrected chi connectivity index (χ2v) is 6.17. The van der Waals surface area contributed by atoms with E-state index in [2.05, 4.69) is 20.8 Å². The van der Waals surface area contributed by atoms with Crippen molar-refractivity contribution in [2.24, 2.45) is 17.6 Å². The van der Waals surface area contributed by atoms with E-state index >= 15 is 0 Å². The molecule has 0 aliphatic heterocycles. The molecular formula is C15H31N. The average molecular weight is 225 g/mol. The Bertz CT molecular complexity index is 190. The Hall–Kier alpha value is -0.0400. The van der Waals surface area contributed by atoms with Crippen molar-refractivity contribution in [3.8, 4) is 0 Å². The van der Waals surface area contributed by atoms with Gasteiger partial charge in [-0.25, -0.2) is 0 Å². The highest BCUT2D eigenvalue weighted by Crippen LogP contribution is 2.35. The van der Waals surface area contributed by atoms with E-state index in [1.807, 2.05) is 0 Å². The smallest absolute Gasteiger partial charge is 0.0157 e. The summed E-state index contributed by atoms with van der Waals surface area (Å²) in [7, 11) is 0. The minimum Gasteiger partial charge on any atom is -0.325 e. The van der Waals surface area contributed by atoms with Crippen LogP contribution in [0.1, 0.15) is 78.6 Å². The molecule has 0 saturated heterocycles. The van der Waals surface area contributed by atoms with Crippen LogP contribution >= 0.6 is 0 Å². The molecule has 0 aromatic rings. The first-order valence-electron chi connectivity index (χ1n) is 7.38. The van der Waals surface area contributed by atoms with Gasteiger partial charge in [-0.2, -0.15) is 0 Å². The summed E-state index contributed by atoms with van der Waals surface area (Å²) in [6.07, 6.45) is 12.0. The van der Waals surface area contributed by atoms with Crippen LogP contribution in [0.15, 0.2) is 0 Å². The lowest BCUT2D eigenvalue weighted by atomic mass is 9.81. The van der Waals surface area contributed by atoms with Crippen LogP contribution in [0.5, 0.6) is 0 Å². The minimum absolute atomic E-state index is 0.165. The lowest BCUT2D eigenvalue weighted by Crippen LogP contribution is -2.40. The van der Waals surface area contributed by atoms with Crippen molar-refractivity contribution in [2.75, 3.05) is 0 Å². The molecule has 1 fully saturated rings. The van der Waals surface area contributed by atoms with Crippen molar-refractivity contribution in [2.45, 2.75) is 84.1 Å². The van der Waals surface area contributed by atoms with Crippen molar-refractivity contribution in [3.63, 3.8) is 0 Å². The molecule has 1 heteroatoms. The van der Waals surface area contributed by atoms with Gasteiger partial charge in [0.2, 0.25) is 0 Å². The van der Waals surface area contributed by atoms with E-state index in [-0.39, 0.29) is 5.54 Å². The second kappa shape index (κ2) is 6.64. The van der Waals surface area contributed by atoms with E-state index in [9.17, 15) is 0 Å².